The Hall–Kier alpha value is -1.40. The molecule has 106 valence electrons. The quantitative estimate of drug-likeness (QED) is 0.712. The van der Waals surface area contributed by atoms with Crippen LogP contribution >= 0.6 is 0 Å². The third-order valence-electron chi connectivity index (χ3n) is 3.30. The Morgan fingerprint density at radius 2 is 2.16 bits per heavy atom. The summed E-state index contributed by atoms with van der Waals surface area (Å²) in [4.78, 5) is 2.30. The van der Waals surface area contributed by atoms with Gasteiger partial charge in [0, 0.05) is 50.8 Å². The van der Waals surface area contributed by atoms with Gasteiger partial charge in [-0.05, 0) is 0 Å². The molecule has 6 heteroatoms. The zero-order chi connectivity index (χ0) is 13.7. The summed E-state index contributed by atoms with van der Waals surface area (Å²) in [5, 5.41) is 23.9. The molecule has 2 rings (SSSR count). The molecule has 0 bridgehead atoms. The van der Waals surface area contributed by atoms with Crippen molar-refractivity contribution in [3.63, 3.8) is 0 Å². The van der Waals surface area contributed by atoms with Gasteiger partial charge in [-0.3, -0.25) is 0 Å². The van der Waals surface area contributed by atoms with Crippen molar-refractivity contribution in [2.45, 2.75) is 13.8 Å². The van der Waals surface area contributed by atoms with Crippen LogP contribution in [0.3, 0.4) is 0 Å². The van der Waals surface area contributed by atoms with E-state index in [4.69, 9.17) is 0 Å². The SMILES string of the molecule is CC(C)(CO)CNc1cc(N2CCNCC2)cnn1. The van der Waals surface area contributed by atoms with E-state index >= 15 is 0 Å². The molecule has 19 heavy (non-hydrogen) atoms. The molecule has 0 aliphatic carbocycles. The lowest BCUT2D eigenvalue weighted by Gasteiger charge is -2.29. The molecule has 1 aliphatic heterocycles. The highest BCUT2D eigenvalue weighted by atomic mass is 16.3. The van der Waals surface area contributed by atoms with E-state index in [0.29, 0.717) is 6.54 Å². The minimum absolute atomic E-state index is 0.144. The summed E-state index contributed by atoms with van der Waals surface area (Å²) < 4.78 is 0. The smallest absolute Gasteiger partial charge is 0.150 e. The lowest BCUT2D eigenvalue weighted by atomic mass is 9.95. The topological polar surface area (TPSA) is 73.3 Å². The molecule has 1 aromatic heterocycles. The third-order valence-corrected chi connectivity index (χ3v) is 3.30. The van der Waals surface area contributed by atoms with E-state index in [9.17, 15) is 5.11 Å². The molecule has 6 nitrogen and oxygen atoms in total. The van der Waals surface area contributed by atoms with Crippen LogP contribution in [0.2, 0.25) is 0 Å². The predicted octanol–water partition coefficient (Wildman–Crippen LogP) is 0.317. The van der Waals surface area contributed by atoms with Gasteiger partial charge in [-0.1, -0.05) is 13.8 Å². The Morgan fingerprint density at radius 1 is 1.42 bits per heavy atom. The molecule has 0 radical (unpaired) electrons. The second-order valence-corrected chi connectivity index (χ2v) is 5.71. The number of aliphatic hydroxyl groups is 1. The molecule has 0 saturated carbocycles. The minimum atomic E-state index is -0.160. The Labute approximate surface area is 114 Å². The Balaban J connectivity index is 1.98. The summed E-state index contributed by atoms with van der Waals surface area (Å²) >= 11 is 0. The van der Waals surface area contributed by atoms with Crippen molar-refractivity contribution >= 4 is 11.5 Å². The maximum Gasteiger partial charge on any atom is 0.150 e. The average Bonchev–Trinajstić information content (AvgIpc) is 2.47. The number of nitrogens with zero attached hydrogens (tertiary/aromatic N) is 3. The van der Waals surface area contributed by atoms with Gasteiger partial charge in [-0.15, -0.1) is 5.10 Å². The molecule has 1 saturated heterocycles. The number of hydrogen-bond donors (Lipinski definition) is 3. The monoisotopic (exact) mass is 265 g/mol. The predicted molar refractivity (Wildman–Crippen MR) is 76.5 cm³/mol. The Bertz CT molecular complexity index is 404. The fraction of sp³-hybridized carbons (Fsp3) is 0.692. The summed E-state index contributed by atoms with van der Waals surface area (Å²) in [6.07, 6.45) is 1.80. The maximum atomic E-state index is 9.24. The Kier molecular flexibility index (Phi) is 4.55. The van der Waals surface area contributed by atoms with Gasteiger partial charge in [0.25, 0.3) is 0 Å². The van der Waals surface area contributed by atoms with E-state index in [1.54, 1.807) is 6.20 Å². The van der Waals surface area contributed by atoms with Crippen molar-refractivity contribution in [1.29, 1.82) is 0 Å². The van der Waals surface area contributed by atoms with Crippen molar-refractivity contribution in [3.05, 3.63) is 12.3 Å². The van der Waals surface area contributed by atoms with Gasteiger partial charge in [-0.2, -0.15) is 5.10 Å². The van der Waals surface area contributed by atoms with Gasteiger partial charge in [0.05, 0.1) is 11.9 Å². The average molecular weight is 265 g/mol. The molecule has 0 unspecified atom stereocenters. The first-order valence-electron chi connectivity index (χ1n) is 6.74. The molecule has 0 atom stereocenters. The highest BCUT2D eigenvalue weighted by molar-refractivity contribution is 5.52. The van der Waals surface area contributed by atoms with Crippen molar-refractivity contribution < 1.29 is 5.11 Å². The summed E-state index contributed by atoms with van der Waals surface area (Å²) in [6, 6.07) is 2.02. The lowest BCUT2D eigenvalue weighted by Crippen LogP contribution is -2.43. The van der Waals surface area contributed by atoms with Crippen LogP contribution in [0, 0.1) is 5.41 Å². The summed E-state index contributed by atoms with van der Waals surface area (Å²) in [5.74, 6) is 0.762. The first-order valence-corrected chi connectivity index (χ1v) is 6.74. The zero-order valence-electron chi connectivity index (χ0n) is 11.7. The number of anilines is 2. The van der Waals surface area contributed by atoms with Crippen LogP contribution in [0.5, 0.6) is 0 Å². The molecule has 0 aromatic carbocycles. The third kappa shape index (κ3) is 4.04. The maximum absolute atomic E-state index is 9.24. The van der Waals surface area contributed by atoms with E-state index in [1.165, 1.54) is 0 Å². The van der Waals surface area contributed by atoms with Crippen molar-refractivity contribution in [2.75, 3.05) is 49.5 Å². The van der Waals surface area contributed by atoms with E-state index in [1.807, 2.05) is 19.9 Å². The molecule has 2 heterocycles. The largest absolute Gasteiger partial charge is 0.396 e. The van der Waals surface area contributed by atoms with Gasteiger partial charge in [0.15, 0.2) is 5.82 Å². The molecule has 1 aliphatic rings. The normalized spacial score (nSPS) is 16.5. The van der Waals surface area contributed by atoms with Crippen LogP contribution in [0.4, 0.5) is 11.5 Å². The zero-order valence-corrected chi connectivity index (χ0v) is 11.7. The van der Waals surface area contributed by atoms with E-state index in [-0.39, 0.29) is 12.0 Å². The highest BCUT2D eigenvalue weighted by Gasteiger charge is 2.17. The standard InChI is InChI=1S/C13H23N5O/c1-13(2,10-19)9-15-12-7-11(8-16-17-12)18-5-3-14-4-6-18/h7-8,14,19H,3-6,9-10H2,1-2H3,(H,15,17). The number of aliphatic hydroxyl groups excluding tert-OH is 1. The van der Waals surface area contributed by atoms with Crippen LogP contribution in [-0.4, -0.2) is 54.6 Å². The number of rotatable bonds is 5. The highest BCUT2D eigenvalue weighted by Crippen LogP contribution is 2.18. The van der Waals surface area contributed by atoms with Crippen LogP contribution in [0.1, 0.15) is 13.8 Å². The summed E-state index contributed by atoms with van der Waals surface area (Å²) in [7, 11) is 0. The number of hydrogen-bond acceptors (Lipinski definition) is 6. The van der Waals surface area contributed by atoms with Crippen LogP contribution in [0.25, 0.3) is 0 Å². The molecular formula is C13H23N5O. The second kappa shape index (κ2) is 6.16. The molecule has 1 fully saturated rings. The van der Waals surface area contributed by atoms with Gasteiger partial charge in [-0.25, -0.2) is 0 Å². The van der Waals surface area contributed by atoms with Gasteiger partial charge < -0.3 is 20.6 Å². The first-order chi connectivity index (χ1) is 9.11. The minimum Gasteiger partial charge on any atom is -0.396 e. The van der Waals surface area contributed by atoms with Crippen molar-refractivity contribution in [1.82, 2.24) is 15.5 Å². The van der Waals surface area contributed by atoms with Gasteiger partial charge in [0.2, 0.25) is 0 Å². The van der Waals surface area contributed by atoms with Crippen LogP contribution < -0.4 is 15.5 Å². The lowest BCUT2D eigenvalue weighted by molar-refractivity contribution is 0.170. The van der Waals surface area contributed by atoms with Crippen molar-refractivity contribution in [2.24, 2.45) is 5.41 Å². The fourth-order valence-corrected chi connectivity index (χ4v) is 1.92. The van der Waals surface area contributed by atoms with Gasteiger partial charge in [0.1, 0.15) is 0 Å². The van der Waals surface area contributed by atoms with Gasteiger partial charge >= 0.3 is 0 Å². The molecule has 0 amide bonds. The first kappa shape index (κ1) is 14.0. The van der Waals surface area contributed by atoms with E-state index < -0.39 is 0 Å². The number of piperazine rings is 1. The number of nitrogens with one attached hydrogen (secondary N) is 2. The van der Waals surface area contributed by atoms with E-state index in [2.05, 4.69) is 25.7 Å². The molecule has 0 spiro atoms. The Morgan fingerprint density at radius 3 is 2.84 bits per heavy atom. The second-order valence-electron chi connectivity index (χ2n) is 5.71. The van der Waals surface area contributed by atoms with Crippen molar-refractivity contribution in [3.8, 4) is 0 Å². The van der Waals surface area contributed by atoms with Crippen LogP contribution in [0.15, 0.2) is 12.3 Å². The summed E-state index contributed by atoms with van der Waals surface area (Å²) in [6.45, 7) is 8.82. The summed E-state index contributed by atoms with van der Waals surface area (Å²) in [5.41, 5.74) is 0.938. The molecular weight excluding hydrogens is 242 g/mol. The number of aromatic nitrogens is 2. The molecule has 1 aromatic rings. The van der Waals surface area contributed by atoms with Crippen LogP contribution in [-0.2, 0) is 0 Å². The van der Waals surface area contributed by atoms with E-state index in [0.717, 1.165) is 37.7 Å². The fourth-order valence-electron chi connectivity index (χ4n) is 1.92. The molecule has 3 N–H and O–H groups in total.